The van der Waals surface area contributed by atoms with Crippen LogP contribution >= 0.6 is 11.6 Å². The van der Waals surface area contributed by atoms with Crippen molar-refractivity contribution in [3.8, 4) is 11.3 Å². The number of fused-ring (bicyclic) bond motifs is 1. The highest BCUT2D eigenvalue weighted by Crippen LogP contribution is 2.40. The number of carboxylic acids is 1. The minimum Gasteiger partial charge on any atom is -0.481 e. The zero-order chi connectivity index (χ0) is 23.0. The molecule has 0 aliphatic carbocycles. The number of carboxylic acid groups (broad SMARTS) is 1. The molecule has 1 N–H and O–H groups in total. The van der Waals surface area contributed by atoms with Crippen LogP contribution in [0.3, 0.4) is 0 Å². The molecule has 2 aromatic carbocycles. The second-order valence-electron chi connectivity index (χ2n) is 9.31. The molecule has 32 heavy (non-hydrogen) atoms. The fraction of sp³-hybridized carbons (Fsp3) is 0.296. The standard InChI is InChI=1S/C27H28ClNO3/c1-17(2)19-9-12-22-21(14-19)25(24-6-5-13-32-24)23(15-27(3,4)26(30)31)29(22)16-18-7-10-20(28)11-8-18/h5-14,17H,15-16H2,1-4H3,(H,30,31). The minimum absolute atomic E-state index is 0.373. The number of aliphatic carboxylic acids is 1. The van der Waals surface area contributed by atoms with Gasteiger partial charge in [0.05, 0.1) is 11.7 Å². The van der Waals surface area contributed by atoms with E-state index in [9.17, 15) is 9.90 Å². The molecule has 0 aliphatic rings. The fourth-order valence-corrected chi connectivity index (χ4v) is 4.24. The Bertz CT molecular complexity index is 1250. The van der Waals surface area contributed by atoms with Crippen LogP contribution in [0.5, 0.6) is 0 Å². The van der Waals surface area contributed by atoms with Crippen molar-refractivity contribution in [3.63, 3.8) is 0 Å². The summed E-state index contributed by atoms with van der Waals surface area (Å²) in [6.45, 7) is 8.50. The van der Waals surface area contributed by atoms with Crippen molar-refractivity contribution in [3.05, 3.63) is 82.7 Å². The summed E-state index contributed by atoms with van der Waals surface area (Å²) < 4.78 is 8.07. The fourth-order valence-electron chi connectivity index (χ4n) is 4.11. The predicted octanol–water partition coefficient (Wildman–Crippen LogP) is 7.38. The SMILES string of the molecule is CC(C)c1ccc2c(c1)c(-c1ccco1)c(CC(C)(C)C(=O)O)n2Cc1ccc(Cl)cc1. The summed E-state index contributed by atoms with van der Waals surface area (Å²) >= 11 is 6.10. The molecule has 4 rings (SSSR count). The van der Waals surface area contributed by atoms with Gasteiger partial charge < -0.3 is 14.1 Å². The average molecular weight is 450 g/mol. The highest BCUT2D eigenvalue weighted by atomic mass is 35.5. The smallest absolute Gasteiger partial charge is 0.309 e. The number of halogens is 1. The normalized spacial score (nSPS) is 12.1. The van der Waals surface area contributed by atoms with E-state index in [1.807, 2.05) is 36.4 Å². The van der Waals surface area contributed by atoms with Gasteiger partial charge >= 0.3 is 5.97 Å². The van der Waals surface area contributed by atoms with Gasteiger partial charge in [-0.1, -0.05) is 43.6 Å². The summed E-state index contributed by atoms with van der Waals surface area (Å²) in [6, 6.07) is 18.1. The predicted molar refractivity (Wildman–Crippen MR) is 129 cm³/mol. The Morgan fingerprint density at radius 1 is 1.12 bits per heavy atom. The number of benzene rings is 2. The van der Waals surface area contributed by atoms with Crippen molar-refractivity contribution in [2.45, 2.75) is 46.6 Å². The third-order valence-electron chi connectivity index (χ3n) is 6.07. The van der Waals surface area contributed by atoms with Gasteiger partial charge in [0.1, 0.15) is 5.76 Å². The Morgan fingerprint density at radius 2 is 1.84 bits per heavy atom. The van der Waals surface area contributed by atoms with Crippen LogP contribution in [0, 0.1) is 5.41 Å². The highest BCUT2D eigenvalue weighted by molar-refractivity contribution is 6.30. The zero-order valence-corrected chi connectivity index (χ0v) is 19.6. The van der Waals surface area contributed by atoms with E-state index in [4.69, 9.17) is 16.0 Å². The molecule has 0 radical (unpaired) electrons. The quantitative estimate of drug-likeness (QED) is 0.320. The molecule has 0 atom stereocenters. The van der Waals surface area contributed by atoms with Gasteiger partial charge in [-0.05, 0) is 67.3 Å². The van der Waals surface area contributed by atoms with Gasteiger partial charge in [-0.25, -0.2) is 0 Å². The van der Waals surface area contributed by atoms with Gasteiger partial charge in [0.25, 0.3) is 0 Å². The van der Waals surface area contributed by atoms with Crippen LogP contribution in [0.2, 0.25) is 5.02 Å². The van der Waals surface area contributed by atoms with Gasteiger partial charge in [0.15, 0.2) is 0 Å². The van der Waals surface area contributed by atoms with Crippen LogP contribution < -0.4 is 0 Å². The van der Waals surface area contributed by atoms with Crippen molar-refractivity contribution >= 4 is 28.5 Å². The molecule has 0 spiro atoms. The second kappa shape index (κ2) is 8.51. The van der Waals surface area contributed by atoms with E-state index in [-0.39, 0.29) is 0 Å². The lowest BCUT2D eigenvalue weighted by Crippen LogP contribution is -2.27. The van der Waals surface area contributed by atoms with Crippen LogP contribution in [0.1, 0.15) is 50.4 Å². The maximum absolute atomic E-state index is 12.0. The number of hydrogen-bond acceptors (Lipinski definition) is 2. The van der Waals surface area contributed by atoms with E-state index in [1.54, 1.807) is 20.1 Å². The first-order chi connectivity index (χ1) is 15.2. The van der Waals surface area contributed by atoms with E-state index in [2.05, 4.69) is 36.6 Å². The number of nitrogens with zero attached hydrogens (tertiary/aromatic N) is 1. The molecule has 0 aliphatic heterocycles. The van der Waals surface area contributed by atoms with Crippen molar-refractivity contribution in [1.29, 1.82) is 0 Å². The highest BCUT2D eigenvalue weighted by Gasteiger charge is 2.32. The molecule has 2 aromatic heterocycles. The van der Waals surface area contributed by atoms with Gasteiger partial charge in [-0.3, -0.25) is 4.79 Å². The van der Waals surface area contributed by atoms with Crippen LogP contribution in [0.25, 0.3) is 22.2 Å². The van der Waals surface area contributed by atoms with E-state index in [0.717, 1.165) is 33.5 Å². The van der Waals surface area contributed by atoms with E-state index >= 15 is 0 Å². The van der Waals surface area contributed by atoms with Crippen LogP contribution in [-0.2, 0) is 17.8 Å². The molecule has 4 aromatic rings. The van der Waals surface area contributed by atoms with Gasteiger partial charge in [0, 0.05) is 40.1 Å². The molecule has 0 saturated carbocycles. The number of carbonyl (C=O) groups is 1. The Balaban J connectivity index is 2.01. The molecule has 2 heterocycles. The Kier molecular flexibility index (Phi) is 5.91. The summed E-state index contributed by atoms with van der Waals surface area (Å²) in [5, 5.41) is 11.7. The van der Waals surface area contributed by atoms with Crippen LogP contribution in [-0.4, -0.2) is 15.6 Å². The number of furan rings is 1. The second-order valence-corrected chi connectivity index (χ2v) is 9.75. The van der Waals surface area contributed by atoms with E-state index in [0.29, 0.717) is 23.9 Å². The molecular formula is C27H28ClNO3. The van der Waals surface area contributed by atoms with Gasteiger partial charge in [-0.2, -0.15) is 0 Å². The average Bonchev–Trinajstić information content (AvgIpc) is 3.35. The third kappa shape index (κ3) is 4.20. The summed E-state index contributed by atoms with van der Waals surface area (Å²) in [7, 11) is 0. The summed E-state index contributed by atoms with van der Waals surface area (Å²) in [5.74, 6) is 0.304. The topological polar surface area (TPSA) is 55.4 Å². The minimum atomic E-state index is -0.936. The van der Waals surface area contributed by atoms with E-state index < -0.39 is 11.4 Å². The summed E-state index contributed by atoms with van der Waals surface area (Å²) in [6.07, 6.45) is 2.04. The Hall–Kier alpha value is -2.98. The van der Waals surface area contributed by atoms with E-state index in [1.165, 1.54) is 5.56 Å². The summed E-state index contributed by atoms with van der Waals surface area (Å²) in [4.78, 5) is 12.0. The van der Waals surface area contributed by atoms with Gasteiger partial charge in [-0.15, -0.1) is 0 Å². The first-order valence-electron chi connectivity index (χ1n) is 10.8. The lowest BCUT2D eigenvalue weighted by atomic mass is 9.86. The Morgan fingerprint density at radius 3 is 2.44 bits per heavy atom. The lowest BCUT2D eigenvalue weighted by molar-refractivity contribution is -0.146. The maximum atomic E-state index is 12.0. The first kappa shape index (κ1) is 22.2. The molecule has 4 nitrogen and oxygen atoms in total. The van der Waals surface area contributed by atoms with Crippen molar-refractivity contribution < 1.29 is 14.3 Å². The molecule has 0 unspecified atom stereocenters. The van der Waals surface area contributed by atoms with Crippen molar-refractivity contribution in [2.24, 2.45) is 5.41 Å². The van der Waals surface area contributed by atoms with Crippen LogP contribution in [0.15, 0.2) is 65.3 Å². The molecular weight excluding hydrogens is 422 g/mol. The third-order valence-corrected chi connectivity index (χ3v) is 6.32. The Labute approximate surface area is 193 Å². The zero-order valence-electron chi connectivity index (χ0n) is 18.9. The molecule has 166 valence electrons. The number of rotatable bonds is 7. The molecule has 0 bridgehead atoms. The largest absolute Gasteiger partial charge is 0.481 e. The molecule has 0 amide bonds. The number of hydrogen-bond donors (Lipinski definition) is 1. The van der Waals surface area contributed by atoms with Crippen molar-refractivity contribution in [1.82, 2.24) is 4.57 Å². The van der Waals surface area contributed by atoms with Crippen LogP contribution in [0.4, 0.5) is 0 Å². The lowest BCUT2D eigenvalue weighted by Gasteiger charge is -2.22. The van der Waals surface area contributed by atoms with Gasteiger partial charge in [0.2, 0.25) is 0 Å². The monoisotopic (exact) mass is 449 g/mol. The first-order valence-corrected chi connectivity index (χ1v) is 11.2. The van der Waals surface area contributed by atoms with Crippen molar-refractivity contribution in [2.75, 3.05) is 0 Å². The molecule has 5 heteroatoms. The number of aromatic nitrogens is 1. The molecule has 0 saturated heterocycles. The maximum Gasteiger partial charge on any atom is 0.309 e. The molecule has 0 fully saturated rings. The summed E-state index contributed by atoms with van der Waals surface area (Å²) in [5.41, 5.74) is 4.38.